The number of nitrogen functional groups attached to an aromatic ring is 1. The van der Waals surface area contributed by atoms with E-state index in [1.54, 1.807) is 11.8 Å². The molecule has 0 atom stereocenters. The Labute approximate surface area is 82.4 Å². The number of anilines is 1. The summed E-state index contributed by atoms with van der Waals surface area (Å²) in [5, 5.41) is 9.47. The first-order valence-electron chi connectivity index (χ1n) is 4.21. The van der Waals surface area contributed by atoms with E-state index in [4.69, 9.17) is 10.8 Å². The fourth-order valence-corrected chi connectivity index (χ4v) is 1.80. The minimum absolute atomic E-state index is 0.221. The van der Waals surface area contributed by atoms with Gasteiger partial charge in [0.15, 0.2) is 0 Å². The maximum atomic E-state index is 8.60. The molecule has 3 N–H and O–H groups in total. The average molecular weight is 198 g/mol. The van der Waals surface area contributed by atoms with Gasteiger partial charge in [-0.25, -0.2) is 4.98 Å². The van der Waals surface area contributed by atoms with Gasteiger partial charge in [-0.15, -0.1) is 11.8 Å². The van der Waals surface area contributed by atoms with Gasteiger partial charge in [-0.3, -0.25) is 0 Å². The quantitative estimate of drug-likeness (QED) is 0.568. The predicted molar refractivity (Wildman–Crippen MR) is 55.8 cm³/mol. The summed E-state index contributed by atoms with van der Waals surface area (Å²) in [5.41, 5.74) is 7.41. The molecular weight excluding hydrogens is 184 g/mol. The molecule has 0 aromatic carbocycles. The van der Waals surface area contributed by atoms with Crippen molar-refractivity contribution in [1.29, 1.82) is 0 Å². The van der Waals surface area contributed by atoms with Crippen molar-refractivity contribution in [2.45, 2.75) is 18.4 Å². The molecule has 4 heteroatoms. The van der Waals surface area contributed by atoms with Crippen LogP contribution in [0.25, 0.3) is 0 Å². The summed E-state index contributed by atoms with van der Waals surface area (Å²) in [6.45, 7) is 2.16. The molecule has 0 radical (unpaired) electrons. The molecule has 0 saturated carbocycles. The lowest BCUT2D eigenvalue weighted by atomic mass is 10.3. The van der Waals surface area contributed by atoms with Crippen LogP contribution in [0.2, 0.25) is 0 Å². The van der Waals surface area contributed by atoms with Crippen LogP contribution in [0.1, 0.15) is 12.1 Å². The highest BCUT2D eigenvalue weighted by molar-refractivity contribution is 7.99. The smallest absolute Gasteiger partial charge is 0.119 e. The first-order valence-corrected chi connectivity index (χ1v) is 5.19. The zero-order valence-electron chi connectivity index (χ0n) is 7.66. The second-order valence-electron chi connectivity index (χ2n) is 2.77. The van der Waals surface area contributed by atoms with Gasteiger partial charge < -0.3 is 10.8 Å². The van der Waals surface area contributed by atoms with Crippen molar-refractivity contribution in [3.05, 3.63) is 17.8 Å². The van der Waals surface area contributed by atoms with E-state index in [0.717, 1.165) is 22.9 Å². The minimum Gasteiger partial charge on any atom is -0.397 e. The number of nitrogens with zero attached hydrogens (tertiary/aromatic N) is 1. The number of aliphatic hydroxyl groups is 1. The number of nitrogens with two attached hydrogens (primary N) is 1. The molecule has 72 valence electrons. The number of aromatic nitrogens is 1. The van der Waals surface area contributed by atoms with Crippen LogP contribution >= 0.6 is 11.8 Å². The second-order valence-corrected chi connectivity index (χ2v) is 3.86. The Morgan fingerprint density at radius 3 is 3.00 bits per heavy atom. The van der Waals surface area contributed by atoms with E-state index in [2.05, 4.69) is 4.98 Å². The van der Waals surface area contributed by atoms with Gasteiger partial charge in [-0.05, 0) is 25.5 Å². The molecule has 1 aromatic rings. The third-order valence-electron chi connectivity index (χ3n) is 1.57. The average Bonchev–Trinajstić information content (AvgIpc) is 2.11. The van der Waals surface area contributed by atoms with Crippen molar-refractivity contribution in [2.75, 3.05) is 18.1 Å². The van der Waals surface area contributed by atoms with Crippen molar-refractivity contribution in [1.82, 2.24) is 4.98 Å². The molecule has 1 rings (SSSR count). The largest absolute Gasteiger partial charge is 0.397 e. The number of rotatable bonds is 4. The first kappa shape index (κ1) is 10.3. The highest BCUT2D eigenvalue weighted by Crippen LogP contribution is 2.22. The Morgan fingerprint density at radius 2 is 2.31 bits per heavy atom. The third kappa shape index (κ3) is 3.24. The van der Waals surface area contributed by atoms with Gasteiger partial charge >= 0.3 is 0 Å². The molecule has 1 aromatic heterocycles. The maximum Gasteiger partial charge on any atom is 0.119 e. The van der Waals surface area contributed by atoms with Crippen LogP contribution in [-0.4, -0.2) is 22.5 Å². The van der Waals surface area contributed by atoms with E-state index in [-0.39, 0.29) is 6.61 Å². The van der Waals surface area contributed by atoms with Crippen LogP contribution in [0.4, 0.5) is 5.69 Å². The van der Waals surface area contributed by atoms with Crippen LogP contribution in [0, 0.1) is 6.92 Å². The normalized spacial score (nSPS) is 10.3. The Morgan fingerprint density at radius 1 is 1.54 bits per heavy atom. The van der Waals surface area contributed by atoms with Gasteiger partial charge in [-0.2, -0.15) is 0 Å². The lowest BCUT2D eigenvalue weighted by Crippen LogP contribution is -1.95. The van der Waals surface area contributed by atoms with E-state index in [9.17, 15) is 0 Å². The van der Waals surface area contributed by atoms with Gasteiger partial charge in [0.25, 0.3) is 0 Å². The van der Waals surface area contributed by atoms with E-state index in [0.29, 0.717) is 5.69 Å². The topological polar surface area (TPSA) is 59.1 Å². The Balaban J connectivity index is 2.59. The molecule has 1 heterocycles. The second kappa shape index (κ2) is 5.09. The summed E-state index contributed by atoms with van der Waals surface area (Å²) >= 11 is 1.59. The Bertz CT molecular complexity index is 278. The van der Waals surface area contributed by atoms with Gasteiger partial charge in [-0.1, -0.05) is 0 Å². The fraction of sp³-hybridized carbons (Fsp3) is 0.444. The van der Waals surface area contributed by atoms with Gasteiger partial charge in [0, 0.05) is 18.1 Å². The molecule has 0 aliphatic rings. The monoisotopic (exact) mass is 198 g/mol. The number of thioether (sulfide) groups is 1. The molecule has 3 nitrogen and oxygen atoms in total. The highest BCUT2D eigenvalue weighted by atomic mass is 32.2. The summed E-state index contributed by atoms with van der Waals surface area (Å²) < 4.78 is 0. The number of aryl methyl sites for hydroxylation is 1. The summed E-state index contributed by atoms with van der Waals surface area (Å²) in [4.78, 5) is 4.30. The predicted octanol–water partition coefficient (Wildman–Crippen LogP) is 1.45. The molecule has 13 heavy (non-hydrogen) atoms. The van der Waals surface area contributed by atoms with Crippen LogP contribution in [0.15, 0.2) is 17.2 Å². The first-order chi connectivity index (χ1) is 6.24. The summed E-state index contributed by atoms with van der Waals surface area (Å²) in [6.07, 6.45) is 0.778. The molecule has 0 spiro atoms. The summed E-state index contributed by atoms with van der Waals surface area (Å²) in [5.74, 6) is 0.858. The van der Waals surface area contributed by atoms with Gasteiger partial charge in [0.05, 0.1) is 5.69 Å². The number of pyridine rings is 1. The van der Waals surface area contributed by atoms with Crippen molar-refractivity contribution < 1.29 is 5.11 Å². The molecule has 0 unspecified atom stereocenters. The van der Waals surface area contributed by atoms with Crippen LogP contribution in [-0.2, 0) is 0 Å². The summed E-state index contributed by atoms with van der Waals surface area (Å²) in [7, 11) is 0. The van der Waals surface area contributed by atoms with Crippen molar-refractivity contribution in [3.8, 4) is 0 Å². The van der Waals surface area contributed by atoms with Crippen molar-refractivity contribution >= 4 is 17.4 Å². The number of hydrogen-bond acceptors (Lipinski definition) is 4. The van der Waals surface area contributed by atoms with Crippen molar-refractivity contribution in [3.63, 3.8) is 0 Å². The number of aliphatic hydroxyl groups excluding tert-OH is 1. The zero-order chi connectivity index (χ0) is 9.68. The third-order valence-corrected chi connectivity index (χ3v) is 2.66. The Kier molecular flexibility index (Phi) is 4.05. The summed E-state index contributed by atoms with van der Waals surface area (Å²) in [6, 6.07) is 3.76. The Hall–Kier alpha value is -0.740. The van der Waals surface area contributed by atoms with Crippen molar-refractivity contribution in [2.24, 2.45) is 0 Å². The molecular formula is C9H14N2OS. The molecule has 0 amide bonds. The van der Waals surface area contributed by atoms with E-state index in [1.807, 2.05) is 19.1 Å². The standard InChI is InChI=1S/C9H14N2OS/c1-7-3-4-8(10)9(11-7)13-6-2-5-12/h3-4,12H,2,5-6,10H2,1H3. The van der Waals surface area contributed by atoms with Crippen LogP contribution in [0.3, 0.4) is 0 Å². The lowest BCUT2D eigenvalue weighted by molar-refractivity contribution is 0.296. The molecule has 0 bridgehead atoms. The van der Waals surface area contributed by atoms with Gasteiger partial charge in [0.1, 0.15) is 5.03 Å². The zero-order valence-corrected chi connectivity index (χ0v) is 8.47. The SMILES string of the molecule is Cc1ccc(N)c(SCCCO)n1. The highest BCUT2D eigenvalue weighted by Gasteiger charge is 2.00. The lowest BCUT2D eigenvalue weighted by Gasteiger charge is -2.04. The van der Waals surface area contributed by atoms with E-state index in [1.165, 1.54) is 0 Å². The van der Waals surface area contributed by atoms with Crippen LogP contribution in [0.5, 0.6) is 0 Å². The minimum atomic E-state index is 0.221. The molecule has 0 saturated heterocycles. The van der Waals surface area contributed by atoms with Crippen LogP contribution < -0.4 is 5.73 Å². The molecule has 0 fully saturated rings. The van der Waals surface area contributed by atoms with E-state index >= 15 is 0 Å². The fourth-order valence-electron chi connectivity index (χ4n) is 0.893. The maximum absolute atomic E-state index is 8.60. The molecule has 0 aliphatic carbocycles. The van der Waals surface area contributed by atoms with E-state index < -0.39 is 0 Å². The van der Waals surface area contributed by atoms with Gasteiger partial charge in [0.2, 0.25) is 0 Å². The molecule has 0 aliphatic heterocycles. The number of hydrogen-bond donors (Lipinski definition) is 2.